The third kappa shape index (κ3) is 3.18. The first kappa shape index (κ1) is 14.6. The Hall–Kier alpha value is -1.85. The van der Waals surface area contributed by atoms with Crippen LogP contribution >= 0.6 is 0 Å². The summed E-state index contributed by atoms with van der Waals surface area (Å²) >= 11 is 0. The lowest BCUT2D eigenvalue weighted by atomic mass is 9.73. The van der Waals surface area contributed by atoms with E-state index in [2.05, 4.69) is 22.9 Å². The predicted octanol–water partition coefficient (Wildman–Crippen LogP) is 3.01. The number of hydrogen-bond acceptors (Lipinski definition) is 4. The van der Waals surface area contributed by atoms with Crippen molar-refractivity contribution < 1.29 is 9.53 Å². The summed E-state index contributed by atoms with van der Waals surface area (Å²) in [5.74, 6) is 0.0294. The number of ether oxygens (including phenoxy) is 1. The highest BCUT2D eigenvalue weighted by atomic mass is 16.5. The van der Waals surface area contributed by atoms with Gasteiger partial charge in [0.2, 0.25) is 0 Å². The number of esters is 1. The Morgan fingerprint density at radius 2 is 2.40 bits per heavy atom. The second-order valence-corrected chi connectivity index (χ2v) is 5.34. The number of allylic oxidation sites excluding steroid dienone is 1. The summed E-state index contributed by atoms with van der Waals surface area (Å²) in [7, 11) is 1.39. The third-order valence-corrected chi connectivity index (χ3v) is 4.19. The number of fused-ring (bicyclic) bond motifs is 1. The number of aliphatic imine (C=N–C) groups is 1. The molecule has 3 atom stereocenters. The van der Waals surface area contributed by atoms with Crippen LogP contribution in [0.1, 0.15) is 38.5 Å². The highest BCUT2D eigenvalue weighted by molar-refractivity contribution is 6.04. The molecule has 0 bridgehead atoms. The van der Waals surface area contributed by atoms with Crippen molar-refractivity contribution in [1.82, 2.24) is 0 Å². The van der Waals surface area contributed by atoms with Gasteiger partial charge in [-0.3, -0.25) is 9.79 Å². The van der Waals surface area contributed by atoms with E-state index in [1.807, 2.05) is 0 Å². The van der Waals surface area contributed by atoms with Gasteiger partial charge in [0, 0.05) is 18.1 Å². The molecule has 2 unspecified atom stereocenters. The van der Waals surface area contributed by atoms with Crippen LogP contribution in [0.15, 0.2) is 23.0 Å². The summed E-state index contributed by atoms with van der Waals surface area (Å²) in [6.45, 7) is 0. The van der Waals surface area contributed by atoms with E-state index in [0.717, 1.165) is 18.6 Å². The van der Waals surface area contributed by atoms with Crippen LogP contribution in [-0.2, 0) is 9.53 Å². The molecule has 0 aromatic heterocycles. The molecule has 0 radical (unpaired) electrons. The molecule has 106 valence electrons. The van der Waals surface area contributed by atoms with Crippen molar-refractivity contribution in [3.63, 3.8) is 0 Å². The molecular formula is C16H20N2O2. The van der Waals surface area contributed by atoms with Gasteiger partial charge < -0.3 is 4.74 Å². The van der Waals surface area contributed by atoms with E-state index in [9.17, 15) is 4.79 Å². The molecule has 0 aromatic rings. The fourth-order valence-corrected chi connectivity index (χ4v) is 3.19. The van der Waals surface area contributed by atoms with Crippen LogP contribution in [0.25, 0.3) is 0 Å². The summed E-state index contributed by atoms with van der Waals surface area (Å²) in [6, 6.07) is 2.11. The molecule has 1 fully saturated rings. The summed E-state index contributed by atoms with van der Waals surface area (Å²) in [5, 5.41) is 8.79. The van der Waals surface area contributed by atoms with Gasteiger partial charge in [0.1, 0.15) is 0 Å². The molecule has 20 heavy (non-hydrogen) atoms. The quantitative estimate of drug-likeness (QED) is 0.583. The number of rotatable bonds is 4. The molecule has 0 spiro atoms. The summed E-state index contributed by atoms with van der Waals surface area (Å²) < 4.78 is 4.91. The number of methoxy groups -OCH3 is 1. The molecule has 1 heterocycles. The Kier molecular flexibility index (Phi) is 5.15. The number of nitrogens with zero attached hydrogens (tertiary/aromatic N) is 2. The van der Waals surface area contributed by atoms with E-state index in [1.165, 1.54) is 20.0 Å². The average Bonchev–Trinajstić information content (AvgIpc) is 2.70. The van der Waals surface area contributed by atoms with Gasteiger partial charge in [-0.1, -0.05) is 12.8 Å². The van der Waals surface area contributed by atoms with Crippen molar-refractivity contribution >= 4 is 11.7 Å². The SMILES string of the molecule is COC(=O)C(CCC#N)C1=NC=C=CC2CCCC[C@H]12. The van der Waals surface area contributed by atoms with E-state index >= 15 is 0 Å². The van der Waals surface area contributed by atoms with E-state index in [1.54, 1.807) is 6.20 Å². The molecule has 2 aliphatic rings. The Morgan fingerprint density at radius 3 is 3.15 bits per heavy atom. The lowest BCUT2D eigenvalue weighted by Gasteiger charge is -2.32. The number of hydrogen-bond donors (Lipinski definition) is 0. The fraction of sp³-hybridized carbons (Fsp3) is 0.625. The smallest absolute Gasteiger partial charge is 0.314 e. The zero-order valence-electron chi connectivity index (χ0n) is 11.8. The molecule has 1 aliphatic carbocycles. The van der Waals surface area contributed by atoms with Crippen molar-refractivity contribution in [3.8, 4) is 6.07 Å². The summed E-state index contributed by atoms with van der Waals surface area (Å²) in [6.07, 6.45) is 9.11. The molecule has 1 saturated carbocycles. The topological polar surface area (TPSA) is 62.5 Å². The van der Waals surface area contributed by atoms with Crippen molar-refractivity contribution in [2.24, 2.45) is 22.7 Å². The first-order valence-electron chi connectivity index (χ1n) is 7.21. The number of nitriles is 1. The van der Waals surface area contributed by atoms with Gasteiger partial charge in [-0.25, -0.2) is 0 Å². The Balaban J connectivity index is 2.27. The van der Waals surface area contributed by atoms with Gasteiger partial charge in [-0.2, -0.15) is 5.26 Å². The molecule has 4 nitrogen and oxygen atoms in total. The van der Waals surface area contributed by atoms with Crippen molar-refractivity contribution in [3.05, 3.63) is 18.0 Å². The molecule has 4 heteroatoms. The summed E-state index contributed by atoms with van der Waals surface area (Å²) in [4.78, 5) is 16.5. The van der Waals surface area contributed by atoms with Gasteiger partial charge >= 0.3 is 5.97 Å². The van der Waals surface area contributed by atoms with Crippen molar-refractivity contribution in [1.29, 1.82) is 5.26 Å². The zero-order chi connectivity index (χ0) is 14.4. The van der Waals surface area contributed by atoms with Gasteiger partial charge in [-0.05, 0) is 31.3 Å². The third-order valence-electron chi connectivity index (χ3n) is 4.19. The van der Waals surface area contributed by atoms with Crippen LogP contribution in [0.3, 0.4) is 0 Å². The van der Waals surface area contributed by atoms with Crippen LogP contribution in [0, 0.1) is 29.1 Å². The maximum Gasteiger partial charge on any atom is 0.314 e. The number of carbonyl (C=O) groups excluding carboxylic acids is 1. The monoisotopic (exact) mass is 272 g/mol. The number of carbonyl (C=O) groups is 1. The second-order valence-electron chi connectivity index (χ2n) is 5.34. The maximum atomic E-state index is 12.0. The Labute approximate surface area is 119 Å². The van der Waals surface area contributed by atoms with E-state index < -0.39 is 5.92 Å². The second kappa shape index (κ2) is 7.07. The van der Waals surface area contributed by atoms with E-state index in [4.69, 9.17) is 10.00 Å². The minimum absolute atomic E-state index is 0.279. The lowest BCUT2D eigenvalue weighted by Crippen LogP contribution is -2.35. The van der Waals surface area contributed by atoms with Gasteiger partial charge in [-0.15, -0.1) is 5.73 Å². The molecular weight excluding hydrogens is 252 g/mol. The van der Waals surface area contributed by atoms with Crippen LogP contribution in [0.2, 0.25) is 0 Å². The Morgan fingerprint density at radius 1 is 1.60 bits per heavy atom. The predicted molar refractivity (Wildman–Crippen MR) is 75.9 cm³/mol. The zero-order valence-corrected chi connectivity index (χ0v) is 11.8. The first-order chi connectivity index (χ1) is 9.77. The Bertz CT molecular complexity index is 495. The van der Waals surface area contributed by atoms with E-state index in [-0.39, 0.29) is 11.9 Å². The van der Waals surface area contributed by atoms with Crippen LogP contribution in [0.5, 0.6) is 0 Å². The summed E-state index contributed by atoms with van der Waals surface area (Å²) in [5.41, 5.74) is 3.98. The fourth-order valence-electron chi connectivity index (χ4n) is 3.19. The van der Waals surface area contributed by atoms with Crippen LogP contribution < -0.4 is 0 Å². The molecule has 0 N–H and O–H groups in total. The highest BCUT2D eigenvalue weighted by Gasteiger charge is 2.35. The van der Waals surface area contributed by atoms with Crippen LogP contribution in [-0.4, -0.2) is 18.8 Å². The van der Waals surface area contributed by atoms with Crippen LogP contribution in [0.4, 0.5) is 0 Å². The van der Waals surface area contributed by atoms with Gasteiger partial charge in [0.25, 0.3) is 0 Å². The largest absolute Gasteiger partial charge is 0.469 e. The van der Waals surface area contributed by atoms with Gasteiger partial charge in [0.15, 0.2) is 0 Å². The minimum Gasteiger partial charge on any atom is -0.469 e. The average molecular weight is 272 g/mol. The van der Waals surface area contributed by atoms with E-state index in [0.29, 0.717) is 18.8 Å². The normalized spacial score (nSPS) is 25.9. The van der Waals surface area contributed by atoms with Gasteiger partial charge in [0.05, 0.1) is 25.3 Å². The highest BCUT2D eigenvalue weighted by Crippen LogP contribution is 2.36. The first-order valence-corrected chi connectivity index (χ1v) is 7.21. The molecule has 2 rings (SSSR count). The lowest BCUT2D eigenvalue weighted by molar-refractivity contribution is -0.143. The standard InChI is InChI=1S/C16H20N2O2/c1-20-16(19)14(9-4-10-17)15-13-8-3-2-6-12(13)7-5-11-18-15/h7,11-14H,2-4,6,8-9H2,1H3/t12?,13-,14?/m0/s1. The maximum absolute atomic E-state index is 12.0. The minimum atomic E-state index is -0.394. The molecule has 0 amide bonds. The van der Waals surface area contributed by atoms with Crippen molar-refractivity contribution in [2.75, 3.05) is 7.11 Å². The molecule has 0 aromatic carbocycles. The van der Waals surface area contributed by atoms with Crippen molar-refractivity contribution in [2.45, 2.75) is 38.5 Å². The molecule has 0 saturated heterocycles. The molecule has 1 aliphatic heterocycles.